The summed E-state index contributed by atoms with van der Waals surface area (Å²) in [6.07, 6.45) is 2.26. The summed E-state index contributed by atoms with van der Waals surface area (Å²) in [5, 5.41) is 7.37. The number of rotatable bonds is 2. The molecule has 0 unspecified atom stereocenters. The van der Waals surface area contributed by atoms with Crippen molar-refractivity contribution in [2.75, 3.05) is 25.0 Å². The fourth-order valence-corrected chi connectivity index (χ4v) is 2.01. The molecule has 1 saturated heterocycles. The lowest BCUT2D eigenvalue weighted by Crippen LogP contribution is -2.41. The molecule has 0 saturated carbocycles. The monoisotopic (exact) mass is 238 g/mol. The van der Waals surface area contributed by atoms with Crippen LogP contribution in [-0.4, -0.2) is 36.3 Å². The van der Waals surface area contributed by atoms with E-state index < -0.39 is 0 Å². The van der Waals surface area contributed by atoms with Crippen LogP contribution in [0.5, 0.6) is 0 Å². The van der Waals surface area contributed by atoms with E-state index in [4.69, 9.17) is 4.52 Å². The Kier molecular flexibility index (Phi) is 3.38. The van der Waals surface area contributed by atoms with E-state index in [1.165, 1.54) is 0 Å². The smallest absolute Gasteiger partial charge is 0.324 e. The molecule has 0 spiro atoms. The molecule has 0 aromatic carbocycles. The van der Waals surface area contributed by atoms with Crippen LogP contribution in [0.3, 0.4) is 0 Å². The van der Waals surface area contributed by atoms with Crippen molar-refractivity contribution in [3.63, 3.8) is 0 Å². The lowest BCUT2D eigenvalue weighted by atomic mass is 9.96. The van der Waals surface area contributed by atoms with Crippen LogP contribution in [0.2, 0.25) is 0 Å². The maximum Gasteiger partial charge on any atom is 0.324 e. The Balaban J connectivity index is 2.02. The first-order valence-corrected chi connectivity index (χ1v) is 6.27. The van der Waals surface area contributed by atoms with Crippen molar-refractivity contribution in [1.29, 1.82) is 0 Å². The number of anilines is 1. The SMILES string of the molecule is CNC1CCN(c2nc(C(C)(C)C)no2)CC1. The number of nitrogens with one attached hydrogen (secondary N) is 1. The fourth-order valence-electron chi connectivity index (χ4n) is 2.01. The molecule has 2 heterocycles. The fraction of sp³-hybridized carbons (Fsp3) is 0.833. The van der Waals surface area contributed by atoms with E-state index in [1.807, 2.05) is 7.05 Å². The van der Waals surface area contributed by atoms with Gasteiger partial charge in [-0.1, -0.05) is 25.9 Å². The molecule has 0 amide bonds. The van der Waals surface area contributed by atoms with Crippen LogP contribution in [0.15, 0.2) is 4.52 Å². The Morgan fingerprint density at radius 3 is 2.41 bits per heavy atom. The van der Waals surface area contributed by atoms with Crippen molar-refractivity contribution in [2.45, 2.75) is 45.1 Å². The van der Waals surface area contributed by atoms with E-state index in [0.29, 0.717) is 12.1 Å². The number of hydrogen-bond donors (Lipinski definition) is 1. The lowest BCUT2D eigenvalue weighted by Gasteiger charge is -2.30. The Bertz CT molecular complexity index is 361. The van der Waals surface area contributed by atoms with E-state index in [2.05, 4.69) is 41.1 Å². The number of nitrogens with zero attached hydrogens (tertiary/aromatic N) is 3. The molecule has 0 atom stereocenters. The van der Waals surface area contributed by atoms with Crippen LogP contribution in [-0.2, 0) is 5.41 Å². The van der Waals surface area contributed by atoms with Gasteiger partial charge in [-0.25, -0.2) is 0 Å². The van der Waals surface area contributed by atoms with Gasteiger partial charge in [-0.05, 0) is 19.9 Å². The summed E-state index contributed by atoms with van der Waals surface area (Å²) >= 11 is 0. The van der Waals surface area contributed by atoms with E-state index in [1.54, 1.807) is 0 Å². The highest BCUT2D eigenvalue weighted by molar-refractivity contribution is 5.27. The maximum absolute atomic E-state index is 5.34. The second kappa shape index (κ2) is 4.64. The third kappa shape index (κ3) is 2.77. The lowest BCUT2D eigenvalue weighted by molar-refractivity contribution is 0.370. The average molecular weight is 238 g/mol. The second-order valence-corrected chi connectivity index (χ2v) is 5.70. The zero-order valence-electron chi connectivity index (χ0n) is 11.2. The van der Waals surface area contributed by atoms with Gasteiger partial charge in [0.2, 0.25) is 0 Å². The van der Waals surface area contributed by atoms with Crippen LogP contribution in [0.1, 0.15) is 39.4 Å². The standard InChI is InChI=1S/C12H22N4O/c1-12(2,3)10-14-11(17-15-10)16-7-5-9(13-4)6-8-16/h9,13H,5-8H2,1-4H3. The van der Waals surface area contributed by atoms with Gasteiger partial charge < -0.3 is 14.7 Å². The van der Waals surface area contributed by atoms with Crippen molar-refractivity contribution in [1.82, 2.24) is 15.5 Å². The molecule has 1 aliphatic heterocycles. The molecule has 1 aliphatic rings. The first kappa shape index (κ1) is 12.4. The molecule has 1 N–H and O–H groups in total. The largest absolute Gasteiger partial charge is 0.324 e. The Labute approximate surface area is 103 Å². The third-order valence-electron chi connectivity index (χ3n) is 3.26. The van der Waals surface area contributed by atoms with Crippen molar-refractivity contribution in [2.24, 2.45) is 0 Å². The van der Waals surface area contributed by atoms with Crippen molar-refractivity contribution < 1.29 is 4.52 Å². The van der Waals surface area contributed by atoms with Crippen LogP contribution in [0.25, 0.3) is 0 Å². The van der Waals surface area contributed by atoms with Crippen LogP contribution in [0.4, 0.5) is 6.01 Å². The molecular weight excluding hydrogens is 216 g/mol. The van der Waals surface area contributed by atoms with Crippen LogP contribution < -0.4 is 10.2 Å². The van der Waals surface area contributed by atoms with Gasteiger partial charge in [0.1, 0.15) is 0 Å². The summed E-state index contributed by atoms with van der Waals surface area (Å²) in [4.78, 5) is 6.66. The third-order valence-corrected chi connectivity index (χ3v) is 3.26. The van der Waals surface area contributed by atoms with Gasteiger partial charge in [0, 0.05) is 24.5 Å². The molecule has 5 nitrogen and oxygen atoms in total. The van der Waals surface area contributed by atoms with E-state index in [-0.39, 0.29) is 5.41 Å². The zero-order valence-corrected chi connectivity index (χ0v) is 11.2. The summed E-state index contributed by atoms with van der Waals surface area (Å²) in [5.74, 6) is 0.781. The Morgan fingerprint density at radius 1 is 1.29 bits per heavy atom. The molecule has 1 fully saturated rings. The second-order valence-electron chi connectivity index (χ2n) is 5.70. The molecule has 1 aromatic heterocycles. The summed E-state index contributed by atoms with van der Waals surface area (Å²) in [6, 6.07) is 1.29. The Morgan fingerprint density at radius 2 is 1.94 bits per heavy atom. The molecule has 0 radical (unpaired) electrons. The molecule has 96 valence electrons. The summed E-state index contributed by atoms with van der Waals surface area (Å²) < 4.78 is 5.34. The highest BCUT2D eigenvalue weighted by Crippen LogP contribution is 2.23. The Hall–Kier alpha value is -1.10. The van der Waals surface area contributed by atoms with E-state index in [9.17, 15) is 0 Å². The quantitative estimate of drug-likeness (QED) is 0.847. The zero-order chi connectivity index (χ0) is 12.5. The molecule has 5 heteroatoms. The van der Waals surface area contributed by atoms with Gasteiger partial charge in [-0.15, -0.1) is 0 Å². The minimum Gasteiger partial charge on any atom is -0.324 e. The van der Waals surface area contributed by atoms with Crippen molar-refractivity contribution in [3.8, 4) is 0 Å². The van der Waals surface area contributed by atoms with E-state index >= 15 is 0 Å². The highest BCUT2D eigenvalue weighted by atomic mass is 16.5. The molecule has 0 aliphatic carbocycles. The van der Waals surface area contributed by atoms with Crippen LogP contribution in [0, 0.1) is 0 Å². The molecule has 17 heavy (non-hydrogen) atoms. The first-order valence-electron chi connectivity index (χ1n) is 6.27. The van der Waals surface area contributed by atoms with E-state index in [0.717, 1.165) is 31.8 Å². The number of hydrogen-bond acceptors (Lipinski definition) is 5. The van der Waals surface area contributed by atoms with Crippen molar-refractivity contribution in [3.05, 3.63) is 5.82 Å². The van der Waals surface area contributed by atoms with Crippen molar-refractivity contribution >= 4 is 6.01 Å². The molecule has 2 rings (SSSR count). The summed E-state index contributed by atoms with van der Waals surface area (Å²) in [6.45, 7) is 8.24. The van der Waals surface area contributed by atoms with Crippen LogP contribution >= 0.6 is 0 Å². The highest BCUT2D eigenvalue weighted by Gasteiger charge is 2.25. The summed E-state index contributed by atoms with van der Waals surface area (Å²) in [7, 11) is 2.02. The summed E-state index contributed by atoms with van der Waals surface area (Å²) in [5.41, 5.74) is -0.0505. The van der Waals surface area contributed by atoms with Gasteiger partial charge in [0.15, 0.2) is 5.82 Å². The molecule has 1 aromatic rings. The average Bonchev–Trinajstić information content (AvgIpc) is 2.78. The predicted octanol–water partition coefficient (Wildman–Crippen LogP) is 1.56. The minimum absolute atomic E-state index is 0.0505. The van der Waals surface area contributed by atoms with Gasteiger partial charge in [-0.2, -0.15) is 4.98 Å². The van der Waals surface area contributed by atoms with Gasteiger partial charge in [0.25, 0.3) is 0 Å². The maximum atomic E-state index is 5.34. The molecular formula is C12H22N4O. The topological polar surface area (TPSA) is 54.2 Å². The number of aromatic nitrogens is 2. The first-order chi connectivity index (χ1) is 8.00. The predicted molar refractivity (Wildman–Crippen MR) is 67.3 cm³/mol. The number of piperidine rings is 1. The normalized spacial score (nSPS) is 18.7. The van der Waals surface area contributed by atoms with Gasteiger partial charge >= 0.3 is 6.01 Å². The van der Waals surface area contributed by atoms with Gasteiger partial charge in [-0.3, -0.25) is 0 Å². The molecule has 0 bridgehead atoms. The van der Waals surface area contributed by atoms with Gasteiger partial charge in [0.05, 0.1) is 0 Å². The minimum atomic E-state index is -0.0505.